The molecule has 0 radical (unpaired) electrons. The summed E-state index contributed by atoms with van der Waals surface area (Å²) in [6.45, 7) is 6.47. The van der Waals surface area contributed by atoms with E-state index in [1.165, 1.54) is 5.56 Å². The monoisotopic (exact) mass is 349 g/mol. The van der Waals surface area contributed by atoms with Crippen LogP contribution < -0.4 is 16.4 Å². The van der Waals surface area contributed by atoms with Gasteiger partial charge in [-0.3, -0.25) is 4.79 Å². The fourth-order valence-corrected chi connectivity index (χ4v) is 2.24. The molecule has 0 aliphatic heterocycles. The van der Waals surface area contributed by atoms with E-state index in [4.69, 9.17) is 10.5 Å². The average Bonchev–Trinajstić information content (AvgIpc) is 2.54. The Morgan fingerprint density at radius 3 is 2.36 bits per heavy atom. The number of alkyl carbamates (subject to hydrolysis) is 1. The smallest absolute Gasteiger partial charge is 0.407 e. The lowest BCUT2D eigenvalue weighted by Crippen LogP contribution is -2.41. The zero-order valence-corrected chi connectivity index (χ0v) is 15.5. The topological polar surface area (TPSA) is 93.4 Å². The van der Waals surface area contributed by atoms with Crippen molar-refractivity contribution in [2.75, 3.05) is 13.1 Å². The Kier molecular flexibility index (Phi) is 8.99. The van der Waals surface area contributed by atoms with Gasteiger partial charge in [-0.2, -0.15) is 0 Å². The van der Waals surface area contributed by atoms with Crippen LogP contribution in [0.1, 0.15) is 45.6 Å². The predicted molar refractivity (Wildman–Crippen MR) is 99.2 cm³/mol. The Labute approximate surface area is 150 Å². The van der Waals surface area contributed by atoms with Gasteiger partial charge in [-0.05, 0) is 52.0 Å². The van der Waals surface area contributed by atoms with Crippen molar-refractivity contribution in [1.29, 1.82) is 0 Å². The minimum absolute atomic E-state index is 0.148. The molecular weight excluding hydrogens is 318 g/mol. The molecule has 0 heterocycles. The molecule has 1 aromatic carbocycles. The van der Waals surface area contributed by atoms with Crippen LogP contribution in [0.25, 0.3) is 0 Å². The maximum Gasteiger partial charge on any atom is 0.407 e. The van der Waals surface area contributed by atoms with Gasteiger partial charge >= 0.3 is 6.09 Å². The molecule has 2 amide bonds. The first-order valence-corrected chi connectivity index (χ1v) is 8.82. The highest BCUT2D eigenvalue weighted by molar-refractivity contribution is 5.81. The summed E-state index contributed by atoms with van der Waals surface area (Å²) in [5, 5.41) is 5.51. The Morgan fingerprint density at radius 1 is 1.08 bits per heavy atom. The van der Waals surface area contributed by atoms with Crippen molar-refractivity contribution >= 4 is 12.0 Å². The minimum Gasteiger partial charge on any atom is -0.444 e. The fourth-order valence-electron chi connectivity index (χ4n) is 2.24. The molecule has 0 bridgehead atoms. The van der Waals surface area contributed by atoms with Crippen LogP contribution in [0.4, 0.5) is 4.79 Å². The number of carbonyl (C=O) groups is 2. The number of hydrogen-bond donors (Lipinski definition) is 3. The summed E-state index contributed by atoms with van der Waals surface area (Å²) in [7, 11) is 0. The number of benzene rings is 1. The van der Waals surface area contributed by atoms with E-state index in [-0.39, 0.29) is 5.91 Å². The zero-order chi connectivity index (χ0) is 18.7. The minimum atomic E-state index is -0.558. The van der Waals surface area contributed by atoms with Gasteiger partial charge in [-0.25, -0.2) is 4.79 Å². The van der Waals surface area contributed by atoms with Gasteiger partial charge in [0.1, 0.15) is 5.60 Å². The summed E-state index contributed by atoms with van der Waals surface area (Å²) in [5.41, 5.74) is 6.62. The van der Waals surface area contributed by atoms with E-state index in [1.807, 2.05) is 39.0 Å². The van der Waals surface area contributed by atoms with E-state index in [0.717, 1.165) is 12.8 Å². The van der Waals surface area contributed by atoms with Gasteiger partial charge in [0.15, 0.2) is 0 Å². The maximum absolute atomic E-state index is 11.9. The zero-order valence-electron chi connectivity index (χ0n) is 15.5. The third-order valence-corrected chi connectivity index (χ3v) is 3.48. The van der Waals surface area contributed by atoms with Gasteiger partial charge in [0, 0.05) is 13.1 Å². The van der Waals surface area contributed by atoms with E-state index >= 15 is 0 Å². The molecule has 1 atom stereocenters. The predicted octanol–water partition coefficient (Wildman–Crippen LogP) is 2.37. The molecule has 0 aromatic heterocycles. The lowest BCUT2D eigenvalue weighted by Gasteiger charge is -2.19. The fraction of sp³-hybridized carbons (Fsp3) is 0.579. The third-order valence-electron chi connectivity index (χ3n) is 3.48. The molecule has 140 valence electrons. The van der Waals surface area contributed by atoms with Crippen LogP contribution in [0.2, 0.25) is 0 Å². The highest BCUT2D eigenvalue weighted by atomic mass is 16.6. The van der Waals surface area contributed by atoms with Crippen molar-refractivity contribution in [2.24, 2.45) is 5.73 Å². The number of rotatable bonds is 9. The van der Waals surface area contributed by atoms with Gasteiger partial charge in [0.05, 0.1) is 6.04 Å². The highest BCUT2D eigenvalue weighted by Gasteiger charge is 2.16. The number of amides is 2. The molecule has 1 aromatic rings. The molecule has 0 fully saturated rings. The van der Waals surface area contributed by atoms with Crippen molar-refractivity contribution in [3.05, 3.63) is 35.9 Å². The Balaban J connectivity index is 2.08. The van der Waals surface area contributed by atoms with Crippen molar-refractivity contribution in [2.45, 2.75) is 58.1 Å². The Bertz CT molecular complexity index is 526. The van der Waals surface area contributed by atoms with Crippen molar-refractivity contribution in [3.8, 4) is 0 Å². The van der Waals surface area contributed by atoms with Crippen LogP contribution >= 0.6 is 0 Å². The second-order valence-corrected chi connectivity index (χ2v) is 7.06. The Morgan fingerprint density at radius 2 is 1.72 bits per heavy atom. The standard InChI is InChI=1S/C19H31N3O3/c1-19(2,3)25-18(24)22-14-8-12-16(20)17(23)21-13-7-11-15-9-5-4-6-10-15/h4-6,9-10,16H,7-8,11-14,20H2,1-3H3,(H,21,23)(H,22,24)/t16-/m0/s1. The highest BCUT2D eigenvalue weighted by Crippen LogP contribution is 2.06. The van der Waals surface area contributed by atoms with E-state index in [1.54, 1.807) is 0 Å². The Hall–Kier alpha value is -2.08. The number of nitrogens with two attached hydrogens (primary N) is 1. The van der Waals surface area contributed by atoms with E-state index in [2.05, 4.69) is 22.8 Å². The summed E-state index contributed by atoms with van der Waals surface area (Å²) in [6, 6.07) is 9.60. The molecule has 0 saturated carbocycles. The van der Waals surface area contributed by atoms with Crippen molar-refractivity contribution in [3.63, 3.8) is 0 Å². The van der Waals surface area contributed by atoms with Crippen LogP contribution in [0.5, 0.6) is 0 Å². The quantitative estimate of drug-likeness (QED) is 0.597. The lowest BCUT2D eigenvalue weighted by molar-refractivity contribution is -0.122. The van der Waals surface area contributed by atoms with Crippen molar-refractivity contribution < 1.29 is 14.3 Å². The molecule has 6 nitrogen and oxygen atoms in total. The molecule has 1 rings (SSSR count). The molecule has 6 heteroatoms. The number of carbonyl (C=O) groups excluding carboxylic acids is 2. The number of hydrogen-bond acceptors (Lipinski definition) is 4. The SMILES string of the molecule is CC(C)(C)OC(=O)NCCC[C@H](N)C(=O)NCCCc1ccccc1. The van der Waals surface area contributed by atoms with Crippen LogP contribution in [-0.2, 0) is 16.0 Å². The van der Waals surface area contributed by atoms with E-state index in [9.17, 15) is 9.59 Å². The average molecular weight is 349 g/mol. The van der Waals surface area contributed by atoms with Gasteiger partial charge in [-0.15, -0.1) is 0 Å². The maximum atomic E-state index is 11.9. The number of nitrogens with one attached hydrogen (secondary N) is 2. The first kappa shape index (κ1) is 21.0. The number of aryl methyl sites for hydroxylation is 1. The van der Waals surface area contributed by atoms with E-state index < -0.39 is 17.7 Å². The summed E-state index contributed by atoms with van der Waals surface area (Å²) in [6.07, 6.45) is 2.49. The molecule has 0 unspecified atom stereocenters. The first-order chi connectivity index (χ1) is 11.8. The van der Waals surface area contributed by atoms with Crippen LogP contribution in [0.15, 0.2) is 30.3 Å². The van der Waals surface area contributed by atoms with E-state index in [0.29, 0.717) is 25.9 Å². The van der Waals surface area contributed by atoms with Crippen molar-refractivity contribution in [1.82, 2.24) is 10.6 Å². The molecular formula is C19H31N3O3. The largest absolute Gasteiger partial charge is 0.444 e. The third kappa shape index (κ3) is 10.4. The van der Waals surface area contributed by atoms with Crippen LogP contribution in [-0.4, -0.2) is 36.7 Å². The van der Waals surface area contributed by atoms with Gasteiger partial charge in [-0.1, -0.05) is 30.3 Å². The summed E-state index contributed by atoms with van der Waals surface area (Å²) < 4.78 is 5.13. The number of ether oxygens (including phenoxy) is 1. The molecule has 25 heavy (non-hydrogen) atoms. The molecule has 0 saturated heterocycles. The summed E-state index contributed by atoms with van der Waals surface area (Å²) in [5.74, 6) is -0.148. The lowest BCUT2D eigenvalue weighted by atomic mass is 10.1. The van der Waals surface area contributed by atoms with Gasteiger partial charge in [0.2, 0.25) is 5.91 Å². The second-order valence-electron chi connectivity index (χ2n) is 7.06. The van der Waals surface area contributed by atoms with Crippen LogP contribution in [0, 0.1) is 0 Å². The summed E-state index contributed by atoms with van der Waals surface area (Å²) in [4.78, 5) is 23.4. The second kappa shape index (κ2) is 10.7. The summed E-state index contributed by atoms with van der Waals surface area (Å²) >= 11 is 0. The molecule has 0 aliphatic carbocycles. The molecule has 0 spiro atoms. The molecule has 4 N–H and O–H groups in total. The van der Waals surface area contributed by atoms with Gasteiger partial charge in [0.25, 0.3) is 0 Å². The van der Waals surface area contributed by atoms with Crippen LogP contribution in [0.3, 0.4) is 0 Å². The normalized spacial score (nSPS) is 12.3. The first-order valence-electron chi connectivity index (χ1n) is 8.82. The van der Waals surface area contributed by atoms with Gasteiger partial charge < -0.3 is 21.1 Å². The molecule has 0 aliphatic rings.